The van der Waals surface area contributed by atoms with Gasteiger partial charge in [0.1, 0.15) is 0 Å². The molecule has 0 fully saturated rings. The van der Waals surface area contributed by atoms with Crippen molar-refractivity contribution < 1.29 is 5.11 Å². The van der Waals surface area contributed by atoms with E-state index in [0.717, 1.165) is 5.92 Å². The third-order valence-corrected chi connectivity index (χ3v) is 2.92. The van der Waals surface area contributed by atoms with Gasteiger partial charge in [0.15, 0.2) is 0 Å². The molecule has 0 rings (SSSR count). The number of rotatable bonds is 4. The Balaban J connectivity index is 3.32. The third kappa shape index (κ3) is 3.82. The molecule has 1 nitrogen and oxygen atoms in total. The number of aliphatic hydroxyl groups excluding tert-OH is 1. The summed E-state index contributed by atoms with van der Waals surface area (Å²) in [6.07, 6.45) is 1.20. The van der Waals surface area contributed by atoms with Gasteiger partial charge in [-0.25, -0.2) is 0 Å². The second kappa shape index (κ2) is 5.12. The monoisotopic (exact) mass is 148 g/mol. The van der Waals surface area contributed by atoms with Crippen LogP contribution in [0.1, 0.15) is 27.2 Å². The summed E-state index contributed by atoms with van der Waals surface area (Å²) in [5, 5.41) is 9.14. The maximum absolute atomic E-state index is 8.54. The highest BCUT2D eigenvalue weighted by atomic mass is 32.2. The van der Waals surface area contributed by atoms with Crippen LogP contribution in [-0.4, -0.2) is 16.3 Å². The fourth-order valence-electron chi connectivity index (χ4n) is 0.614. The topological polar surface area (TPSA) is 20.2 Å². The molecule has 56 valence electrons. The molecule has 2 unspecified atom stereocenters. The molecular formula is C7H16OS. The van der Waals surface area contributed by atoms with E-state index in [1.165, 1.54) is 6.42 Å². The number of aliphatic hydroxyl groups is 1. The highest BCUT2D eigenvalue weighted by molar-refractivity contribution is 7.99. The SMILES string of the molecule is CCC(C)C(C)SCO. The number of hydrogen-bond acceptors (Lipinski definition) is 2. The van der Waals surface area contributed by atoms with Crippen molar-refractivity contribution in [1.82, 2.24) is 0 Å². The van der Waals surface area contributed by atoms with Gasteiger partial charge in [-0.1, -0.05) is 27.2 Å². The molecule has 9 heavy (non-hydrogen) atoms. The van der Waals surface area contributed by atoms with E-state index < -0.39 is 0 Å². The summed E-state index contributed by atoms with van der Waals surface area (Å²) in [5.74, 6) is 0.980. The van der Waals surface area contributed by atoms with Crippen molar-refractivity contribution in [3.8, 4) is 0 Å². The van der Waals surface area contributed by atoms with Crippen molar-refractivity contribution in [3.05, 3.63) is 0 Å². The van der Waals surface area contributed by atoms with E-state index in [1.54, 1.807) is 11.8 Å². The zero-order valence-corrected chi connectivity index (χ0v) is 7.24. The summed E-state index contributed by atoms with van der Waals surface area (Å²) < 4.78 is 0. The molecule has 0 aliphatic rings. The lowest BCUT2D eigenvalue weighted by atomic mass is 10.1. The summed E-state index contributed by atoms with van der Waals surface area (Å²) in [6, 6.07) is 0. The Bertz CT molecular complexity index is 65.9. The smallest absolute Gasteiger partial charge is 0.0888 e. The summed E-state index contributed by atoms with van der Waals surface area (Å²) in [4.78, 5) is 0. The van der Waals surface area contributed by atoms with Crippen LogP contribution < -0.4 is 0 Å². The molecule has 0 heterocycles. The van der Waals surface area contributed by atoms with Gasteiger partial charge in [0, 0.05) is 5.25 Å². The van der Waals surface area contributed by atoms with Gasteiger partial charge in [0.2, 0.25) is 0 Å². The van der Waals surface area contributed by atoms with Gasteiger partial charge in [-0.2, -0.15) is 0 Å². The zero-order chi connectivity index (χ0) is 7.28. The molecule has 0 saturated carbocycles. The summed E-state index contributed by atoms with van der Waals surface area (Å²) in [5.41, 5.74) is 0. The zero-order valence-electron chi connectivity index (χ0n) is 6.42. The van der Waals surface area contributed by atoms with Gasteiger partial charge in [-0.05, 0) is 5.92 Å². The van der Waals surface area contributed by atoms with E-state index in [1.807, 2.05) is 0 Å². The van der Waals surface area contributed by atoms with Crippen LogP contribution in [0, 0.1) is 5.92 Å². The Labute approximate surface area is 61.8 Å². The van der Waals surface area contributed by atoms with E-state index in [9.17, 15) is 0 Å². The predicted molar refractivity (Wildman–Crippen MR) is 43.6 cm³/mol. The second-order valence-electron chi connectivity index (χ2n) is 2.39. The summed E-state index contributed by atoms with van der Waals surface area (Å²) >= 11 is 1.62. The maximum atomic E-state index is 8.54. The predicted octanol–water partition coefficient (Wildman–Crippen LogP) is 2.10. The minimum atomic E-state index is 0.255. The first-order chi connectivity index (χ1) is 4.22. The minimum Gasteiger partial charge on any atom is -0.386 e. The molecular weight excluding hydrogens is 132 g/mol. The van der Waals surface area contributed by atoms with Crippen LogP contribution in [0.5, 0.6) is 0 Å². The summed E-state index contributed by atoms with van der Waals surface area (Å²) in [6.45, 7) is 6.56. The quantitative estimate of drug-likeness (QED) is 0.616. The van der Waals surface area contributed by atoms with Gasteiger partial charge in [0.05, 0.1) is 5.94 Å². The summed E-state index contributed by atoms with van der Waals surface area (Å²) in [7, 11) is 0. The van der Waals surface area contributed by atoms with Crippen molar-refractivity contribution in [2.45, 2.75) is 32.4 Å². The third-order valence-electron chi connectivity index (χ3n) is 1.78. The van der Waals surface area contributed by atoms with Gasteiger partial charge in [-0.15, -0.1) is 11.8 Å². The second-order valence-corrected chi connectivity index (χ2v) is 3.72. The highest BCUT2D eigenvalue weighted by Gasteiger charge is 2.08. The van der Waals surface area contributed by atoms with E-state index in [2.05, 4.69) is 20.8 Å². The minimum absolute atomic E-state index is 0.255. The maximum Gasteiger partial charge on any atom is 0.0888 e. The van der Waals surface area contributed by atoms with Gasteiger partial charge in [-0.3, -0.25) is 0 Å². The fraction of sp³-hybridized carbons (Fsp3) is 1.00. The Morgan fingerprint density at radius 2 is 2.00 bits per heavy atom. The van der Waals surface area contributed by atoms with Crippen LogP contribution >= 0.6 is 11.8 Å². The average molecular weight is 148 g/mol. The highest BCUT2D eigenvalue weighted by Crippen LogP contribution is 2.19. The lowest BCUT2D eigenvalue weighted by Crippen LogP contribution is -2.09. The molecule has 0 aliphatic carbocycles. The van der Waals surface area contributed by atoms with E-state index in [4.69, 9.17) is 5.11 Å². The molecule has 0 saturated heterocycles. The molecule has 0 bridgehead atoms. The molecule has 0 aromatic heterocycles. The normalized spacial score (nSPS) is 17.3. The average Bonchev–Trinajstić information content (AvgIpc) is 1.87. The van der Waals surface area contributed by atoms with Crippen LogP contribution in [0.3, 0.4) is 0 Å². The van der Waals surface area contributed by atoms with E-state index >= 15 is 0 Å². The Morgan fingerprint density at radius 3 is 2.33 bits per heavy atom. The van der Waals surface area contributed by atoms with Crippen molar-refractivity contribution in [2.24, 2.45) is 5.92 Å². The molecule has 1 N–H and O–H groups in total. The lowest BCUT2D eigenvalue weighted by molar-refractivity contribution is 0.373. The van der Waals surface area contributed by atoms with Gasteiger partial charge < -0.3 is 5.11 Å². The van der Waals surface area contributed by atoms with Gasteiger partial charge in [0.25, 0.3) is 0 Å². The largest absolute Gasteiger partial charge is 0.386 e. The van der Waals surface area contributed by atoms with Crippen molar-refractivity contribution in [3.63, 3.8) is 0 Å². The van der Waals surface area contributed by atoms with Crippen molar-refractivity contribution >= 4 is 11.8 Å². The number of hydrogen-bond donors (Lipinski definition) is 1. The van der Waals surface area contributed by atoms with Crippen molar-refractivity contribution in [2.75, 3.05) is 5.94 Å². The Hall–Kier alpha value is 0.310. The molecule has 2 atom stereocenters. The lowest BCUT2D eigenvalue weighted by Gasteiger charge is -2.15. The Kier molecular flexibility index (Phi) is 5.30. The Morgan fingerprint density at radius 1 is 1.44 bits per heavy atom. The van der Waals surface area contributed by atoms with Crippen LogP contribution in [0.25, 0.3) is 0 Å². The number of thioether (sulfide) groups is 1. The molecule has 0 spiro atoms. The van der Waals surface area contributed by atoms with Crippen LogP contribution in [0.15, 0.2) is 0 Å². The molecule has 0 amide bonds. The molecule has 2 heteroatoms. The first kappa shape index (κ1) is 9.31. The van der Waals surface area contributed by atoms with Gasteiger partial charge >= 0.3 is 0 Å². The molecule has 0 aromatic carbocycles. The molecule has 0 aliphatic heterocycles. The molecule has 0 radical (unpaired) electrons. The first-order valence-electron chi connectivity index (χ1n) is 3.44. The fourth-order valence-corrected chi connectivity index (χ4v) is 1.37. The van der Waals surface area contributed by atoms with Crippen LogP contribution in [0.4, 0.5) is 0 Å². The molecule has 0 aromatic rings. The standard InChI is InChI=1S/C7H16OS/c1-4-6(2)7(3)9-5-8/h6-8H,4-5H2,1-3H3. The van der Waals surface area contributed by atoms with Crippen molar-refractivity contribution in [1.29, 1.82) is 0 Å². The van der Waals surface area contributed by atoms with E-state index in [0.29, 0.717) is 5.25 Å². The van der Waals surface area contributed by atoms with E-state index in [-0.39, 0.29) is 5.94 Å². The van der Waals surface area contributed by atoms with Crippen LogP contribution in [-0.2, 0) is 0 Å². The van der Waals surface area contributed by atoms with Crippen LogP contribution in [0.2, 0.25) is 0 Å². The first-order valence-corrected chi connectivity index (χ1v) is 4.49.